The van der Waals surface area contributed by atoms with Crippen LogP contribution in [0.3, 0.4) is 0 Å². The Morgan fingerprint density at radius 3 is 2.57 bits per heavy atom. The van der Waals surface area contributed by atoms with Gasteiger partial charge in [-0.25, -0.2) is 0 Å². The molecule has 0 radical (unpaired) electrons. The number of hydrogen-bond donors (Lipinski definition) is 1. The number of nitrogens with zero attached hydrogens (tertiary/aromatic N) is 1. The van der Waals surface area contributed by atoms with Gasteiger partial charge in [0.15, 0.2) is 0 Å². The molecule has 0 aromatic heterocycles. The number of ether oxygens (including phenoxy) is 1. The highest BCUT2D eigenvalue weighted by molar-refractivity contribution is 5.85. The highest BCUT2D eigenvalue weighted by atomic mass is 16.5. The van der Waals surface area contributed by atoms with E-state index < -0.39 is 0 Å². The van der Waals surface area contributed by atoms with E-state index in [0.717, 1.165) is 24.8 Å². The topological polar surface area (TPSA) is 47.6 Å². The zero-order chi connectivity index (χ0) is 9.54. The van der Waals surface area contributed by atoms with Crippen LogP contribution in [0.2, 0.25) is 0 Å². The van der Waals surface area contributed by atoms with Crippen molar-refractivity contribution in [3.05, 3.63) is 0 Å². The molecular weight excluding hydrogens is 176 g/mol. The van der Waals surface area contributed by atoms with Crippen LogP contribution < -0.4 is 5.73 Å². The first-order chi connectivity index (χ1) is 6.84. The highest BCUT2D eigenvalue weighted by Gasteiger charge is 2.41. The van der Waals surface area contributed by atoms with Crippen molar-refractivity contribution in [3.63, 3.8) is 0 Å². The molecule has 2 atom stereocenters. The lowest BCUT2D eigenvalue weighted by Crippen LogP contribution is -2.26. The van der Waals surface area contributed by atoms with Crippen LogP contribution >= 0.6 is 0 Å². The molecule has 14 heavy (non-hydrogen) atoms. The van der Waals surface area contributed by atoms with Gasteiger partial charge in [-0.2, -0.15) is 0 Å². The molecule has 3 rings (SSSR count). The molecule has 1 saturated heterocycles. The van der Waals surface area contributed by atoms with Crippen molar-refractivity contribution in [1.29, 1.82) is 0 Å². The molecule has 0 amide bonds. The fraction of sp³-hybridized carbons (Fsp3) is 0.909. The second-order valence-electron chi connectivity index (χ2n) is 4.86. The largest absolute Gasteiger partial charge is 0.387 e. The van der Waals surface area contributed by atoms with Crippen LogP contribution in [0.5, 0.6) is 0 Å². The van der Waals surface area contributed by atoms with Gasteiger partial charge in [-0.1, -0.05) is 0 Å². The summed E-state index contributed by atoms with van der Waals surface area (Å²) in [6.45, 7) is 0.882. The maximum atomic E-state index is 5.94. The molecule has 0 aromatic rings. The Hall–Kier alpha value is -0.570. The van der Waals surface area contributed by atoms with Crippen molar-refractivity contribution in [2.75, 3.05) is 6.61 Å². The van der Waals surface area contributed by atoms with E-state index in [1.807, 2.05) is 0 Å². The highest BCUT2D eigenvalue weighted by Crippen LogP contribution is 2.40. The Morgan fingerprint density at radius 2 is 1.93 bits per heavy atom. The third-order valence-corrected chi connectivity index (χ3v) is 3.50. The van der Waals surface area contributed by atoms with Crippen LogP contribution in [-0.2, 0) is 4.74 Å². The summed E-state index contributed by atoms with van der Waals surface area (Å²) in [5.74, 6) is 2.29. The summed E-state index contributed by atoms with van der Waals surface area (Å²) in [5.41, 5.74) is 5.94. The molecule has 3 nitrogen and oxygen atoms in total. The van der Waals surface area contributed by atoms with E-state index in [4.69, 9.17) is 10.5 Å². The minimum absolute atomic E-state index is 0.378. The average molecular weight is 194 g/mol. The average Bonchev–Trinajstić information content (AvgIpc) is 3.06. The molecule has 2 unspecified atom stereocenters. The molecule has 2 N–H and O–H groups in total. The quantitative estimate of drug-likeness (QED) is 0.544. The molecule has 1 heterocycles. The number of rotatable bonds is 3. The molecule has 3 heteroatoms. The zero-order valence-electron chi connectivity index (χ0n) is 8.48. The van der Waals surface area contributed by atoms with Crippen LogP contribution in [0.15, 0.2) is 4.99 Å². The van der Waals surface area contributed by atoms with E-state index in [9.17, 15) is 0 Å². The fourth-order valence-electron chi connectivity index (χ4n) is 2.29. The van der Waals surface area contributed by atoms with Crippen LogP contribution in [0.4, 0.5) is 0 Å². The third kappa shape index (κ3) is 1.65. The van der Waals surface area contributed by atoms with Gasteiger partial charge in [-0.3, -0.25) is 4.99 Å². The van der Waals surface area contributed by atoms with Crippen LogP contribution in [0.25, 0.3) is 0 Å². The Labute approximate surface area is 84.7 Å². The summed E-state index contributed by atoms with van der Waals surface area (Å²) in [7, 11) is 0. The van der Waals surface area contributed by atoms with Crippen molar-refractivity contribution in [1.82, 2.24) is 0 Å². The first kappa shape index (κ1) is 8.72. The maximum Gasteiger partial charge on any atom is 0.0973 e. The SMILES string of the molecule is NC(=NC1CCOC1C1CC1)C1CC1. The molecule has 0 aromatic carbocycles. The lowest BCUT2D eigenvalue weighted by atomic mass is 10.1. The standard InChI is InChI=1S/C11H18N2O/c12-11(8-3-4-8)13-9-5-6-14-10(9)7-1-2-7/h7-10H,1-6H2,(H2,12,13). The molecular formula is C11H18N2O. The lowest BCUT2D eigenvalue weighted by Gasteiger charge is -2.14. The zero-order valence-corrected chi connectivity index (χ0v) is 8.48. The minimum atomic E-state index is 0.378. The van der Waals surface area contributed by atoms with Crippen LogP contribution in [0, 0.1) is 11.8 Å². The second kappa shape index (κ2) is 3.23. The molecule has 78 valence electrons. The summed E-state index contributed by atoms with van der Waals surface area (Å²) in [5, 5.41) is 0. The smallest absolute Gasteiger partial charge is 0.0973 e. The summed E-state index contributed by atoms with van der Waals surface area (Å²) in [6, 6.07) is 0.378. The molecule has 2 aliphatic carbocycles. The van der Waals surface area contributed by atoms with Gasteiger partial charge in [-0.05, 0) is 38.0 Å². The molecule has 2 saturated carbocycles. The predicted molar refractivity (Wildman–Crippen MR) is 55.2 cm³/mol. The van der Waals surface area contributed by atoms with E-state index in [2.05, 4.69) is 4.99 Å². The van der Waals surface area contributed by atoms with Gasteiger partial charge in [0.25, 0.3) is 0 Å². The summed E-state index contributed by atoms with van der Waals surface area (Å²) in [6.07, 6.45) is 6.63. The van der Waals surface area contributed by atoms with Gasteiger partial charge in [0.2, 0.25) is 0 Å². The lowest BCUT2D eigenvalue weighted by molar-refractivity contribution is 0.0875. The summed E-state index contributed by atoms with van der Waals surface area (Å²) in [4.78, 5) is 4.65. The Morgan fingerprint density at radius 1 is 1.14 bits per heavy atom. The van der Waals surface area contributed by atoms with E-state index in [-0.39, 0.29) is 0 Å². The first-order valence-electron chi connectivity index (χ1n) is 5.79. The Balaban J connectivity index is 1.66. The van der Waals surface area contributed by atoms with Crippen LogP contribution in [0.1, 0.15) is 32.1 Å². The molecule has 0 spiro atoms. The van der Waals surface area contributed by atoms with Gasteiger partial charge in [0, 0.05) is 12.5 Å². The minimum Gasteiger partial charge on any atom is -0.387 e. The van der Waals surface area contributed by atoms with Crippen molar-refractivity contribution in [2.24, 2.45) is 22.6 Å². The van der Waals surface area contributed by atoms with Crippen molar-refractivity contribution >= 4 is 5.84 Å². The molecule has 0 bridgehead atoms. The second-order valence-corrected chi connectivity index (χ2v) is 4.86. The Bertz CT molecular complexity index is 256. The van der Waals surface area contributed by atoms with Gasteiger partial charge in [0.05, 0.1) is 18.0 Å². The number of hydrogen-bond acceptors (Lipinski definition) is 2. The summed E-state index contributed by atoms with van der Waals surface area (Å²) < 4.78 is 5.73. The van der Waals surface area contributed by atoms with Gasteiger partial charge in [-0.15, -0.1) is 0 Å². The van der Waals surface area contributed by atoms with E-state index in [0.29, 0.717) is 18.1 Å². The normalized spacial score (nSPS) is 39.0. The number of nitrogens with two attached hydrogens (primary N) is 1. The van der Waals surface area contributed by atoms with Crippen molar-refractivity contribution in [2.45, 2.75) is 44.2 Å². The molecule has 1 aliphatic heterocycles. The summed E-state index contributed by atoms with van der Waals surface area (Å²) >= 11 is 0. The number of aliphatic imine (C=N–C) groups is 1. The van der Waals surface area contributed by atoms with Gasteiger partial charge >= 0.3 is 0 Å². The van der Waals surface area contributed by atoms with E-state index in [1.165, 1.54) is 25.7 Å². The van der Waals surface area contributed by atoms with E-state index >= 15 is 0 Å². The van der Waals surface area contributed by atoms with E-state index in [1.54, 1.807) is 0 Å². The molecule has 3 fully saturated rings. The fourth-order valence-corrected chi connectivity index (χ4v) is 2.29. The van der Waals surface area contributed by atoms with Crippen LogP contribution in [-0.4, -0.2) is 24.6 Å². The van der Waals surface area contributed by atoms with Gasteiger partial charge in [0.1, 0.15) is 0 Å². The Kier molecular flexibility index (Phi) is 2.01. The van der Waals surface area contributed by atoms with Crippen molar-refractivity contribution in [3.8, 4) is 0 Å². The molecule has 3 aliphatic rings. The number of amidine groups is 1. The monoisotopic (exact) mass is 194 g/mol. The third-order valence-electron chi connectivity index (χ3n) is 3.50. The maximum absolute atomic E-state index is 5.94. The van der Waals surface area contributed by atoms with Crippen molar-refractivity contribution < 1.29 is 4.74 Å². The van der Waals surface area contributed by atoms with Gasteiger partial charge < -0.3 is 10.5 Å². The predicted octanol–water partition coefficient (Wildman–Crippen LogP) is 1.32. The first-order valence-corrected chi connectivity index (χ1v) is 5.79.